The van der Waals surface area contributed by atoms with Gasteiger partial charge in [-0.25, -0.2) is 4.98 Å². The van der Waals surface area contributed by atoms with Crippen LogP contribution in [0.2, 0.25) is 0 Å². The van der Waals surface area contributed by atoms with Gasteiger partial charge in [-0.2, -0.15) is 0 Å². The zero-order valence-corrected chi connectivity index (χ0v) is 13.0. The average Bonchev–Trinajstić information content (AvgIpc) is 2.73. The van der Waals surface area contributed by atoms with Crippen LogP contribution in [-0.4, -0.2) is 36.6 Å². The minimum atomic E-state index is -0.539. The highest BCUT2D eigenvalue weighted by atomic mass is 32.1. The maximum Gasteiger partial charge on any atom is 0.245 e. The third kappa shape index (κ3) is 2.47. The summed E-state index contributed by atoms with van der Waals surface area (Å²) in [4.78, 5) is 20.0. The van der Waals surface area contributed by atoms with Crippen LogP contribution >= 0.6 is 11.3 Å². The lowest BCUT2D eigenvalue weighted by atomic mass is 10.00. The normalized spacial score (nSPS) is 20.3. The SMILES string of the molecule is CNC(C)c1sc(N2CCNC(=O)C2(C)C)nc1C. The van der Waals surface area contributed by atoms with Gasteiger partial charge in [0.15, 0.2) is 5.13 Å². The quantitative estimate of drug-likeness (QED) is 0.881. The molecule has 5 nitrogen and oxygen atoms in total. The van der Waals surface area contributed by atoms with Crippen molar-refractivity contribution in [2.45, 2.75) is 39.3 Å². The lowest BCUT2D eigenvalue weighted by Gasteiger charge is -2.41. The summed E-state index contributed by atoms with van der Waals surface area (Å²) in [6.45, 7) is 9.52. The van der Waals surface area contributed by atoms with E-state index in [9.17, 15) is 4.79 Å². The highest BCUT2D eigenvalue weighted by Gasteiger charge is 2.39. The van der Waals surface area contributed by atoms with E-state index >= 15 is 0 Å². The Balaban J connectivity index is 2.34. The first-order valence-electron chi connectivity index (χ1n) is 6.58. The van der Waals surface area contributed by atoms with E-state index in [1.165, 1.54) is 4.88 Å². The Morgan fingerprint density at radius 2 is 2.21 bits per heavy atom. The van der Waals surface area contributed by atoms with E-state index < -0.39 is 5.54 Å². The van der Waals surface area contributed by atoms with Gasteiger partial charge in [-0.1, -0.05) is 11.3 Å². The summed E-state index contributed by atoms with van der Waals surface area (Å²) in [6, 6.07) is 0.285. The number of amides is 1. The average molecular weight is 282 g/mol. The van der Waals surface area contributed by atoms with Gasteiger partial charge >= 0.3 is 0 Å². The summed E-state index contributed by atoms with van der Waals surface area (Å²) >= 11 is 1.68. The van der Waals surface area contributed by atoms with Crippen LogP contribution in [0, 0.1) is 6.92 Å². The first kappa shape index (κ1) is 14.3. The fourth-order valence-electron chi connectivity index (χ4n) is 2.28. The summed E-state index contributed by atoms with van der Waals surface area (Å²) in [5.74, 6) is 0.0646. The summed E-state index contributed by atoms with van der Waals surface area (Å²) in [5, 5.41) is 7.09. The molecule has 1 saturated heterocycles. The summed E-state index contributed by atoms with van der Waals surface area (Å²) < 4.78 is 0. The summed E-state index contributed by atoms with van der Waals surface area (Å²) in [7, 11) is 1.95. The van der Waals surface area contributed by atoms with Crippen LogP contribution in [-0.2, 0) is 4.79 Å². The Morgan fingerprint density at radius 1 is 1.53 bits per heavy atom. The number of aromatic nitrogens is 1. The zero-order valence-electron chi connectivity index (χ0n) is 12.2. The Labute approximate surface area is 118 Å². The largest absolute Gasteiger partial charge is 0.352 e. The highest BCUT2D eigenvalue weighted by Crippen LogP contribution is 2.34. The molecule has 1 fully saturated rings. The number of carbonyl (C=O) groups excluding carboxylic acids is 1. The predicted molar refractivity (Wildman–Crippen MR) is 78.8 cm³/mol. The molecule has 19 heavy (non-hydrogen) atoms. The number of nitrogens with zero attached hydrogens (tertiary/aromatic N) is 2. The summed E-state index contributed by atoms with van der Waals surface area (Å²) in [5.41, 5.74) is 0.506. The van der Waals surface area contributed by atoms with Gasteiger partial charge in [-0.15, -0.1) is 0 Å². The molecule has 0 aromatic carbocycles. The highest BCUT2D eigenvalue weighted by molar-refractivity contribution is 7.15. The first-order valence-corrected chi connectivity index (χ1v) is 7.40. The zero-order chi connectivity index (χ0) is 14.2. The van der Waals surface area contributed by atoms with E-state index in [4.69, 9.17) is 0 Å². The van der Waals surface area contributed by atoms with Crippen molar-refractivity contribution < 1.29 is 4.79 Å². The minimum Gasteiger partial charge on any atom is -0.352 e. The lowest BCUT2D eigenvalue weighted by molar-refractivity contribution is -0.126. The first-order chi connectivity index (χ1) is 8.87. The van der Waals surface area contributed by atoms with Crippen molar-refractivity contribution >= 4 is 22.4 Å². The third-order valence-corrected chi connectivity index (χ3v) is 5.09. The third-order valence-electron chi connectivity index (χ3n) is 3.73. The van der Waals surface area contributed by atoms with Crippen molar-refractivity contribution in [2.24, 2.45) is 0 Å². The predicted octanol–water partition coefficient (Wildman–Crippen LogP) is 1.45. The minimum absolute atomic E-state index is 0.0646. The maximum absolute atomic E-state index is 12.0. The molecule has 1 aliphatic rings. The number of anilines is 1. The van der Waals surface area contributed by atoms with Gasteiger partial charge in [-0.3, -0.25) is 4.79 Å². The molecule has 0 spiro atoms. The molecule has 1 atom stereocenters. The van der Waals surface area contributed by atoms with Crippen LogP contribution in [0.3, 0.4) is 0 Å². The lowest BCUT2D eigenvalue weighted by Crippen LogP contribution is -2.62. The van der Waals surface area contributed by atoms with Crippen LogP contribution in [0.4, 0.5) is 5.13 Å². The van der Waals surface area contributed by atoms with Crippen LogP contribution in [0.25, 0.3) is 0 Å². The molecule has 6 heteroatoms. The molecular weight excluding hydrogens is 260 g/mol. The van der Waals surface area contributed by atoms with Crippen LogP contribution in [0.15, 0.2) is 0 Å². The van der Waals surface area contributed by atoms with Gasteiger partial charge in [0.2, 0.25) is 5.91 Å². The molecule has 1 unspecified atom stereocenters. The molecule has 2 heterocycles. The number of thiazole rings is 1. The Kier molecular flexibility index (Phi) is 3.82. The van der Waals surface area contributed by atoms with Crippen molar-refractivity contribution in [3.8, 4) is 0 Å². The monoisotopic (exact) mass is 282 g/mol. The van der Waals surface area contributed by atoms with E-state index in [1.807, 2.05) is 27.8 Å². The van der Waals surface area contributed by atoms with E-state index in [1.54, 1.807) is 11.3 Å². The second-order valence-corrected chi connectivity index (χ2v) is 6.43. The molecule has 1 aliphatic heterocycles. The second kappa shape index (κ2) is 5.09. The number of nitrogens with one attached hydrogen (secondary N) is 2. The van der Waals surface area contributed by atoms with Crippen LogP contribution in [0.1, 0.15) is 37.4 Å². The van der Waals surface area contributed by atoms with Crippen LogP contribution in [0.5, 0.6) is 0 Å². The number of hydrogen-bond donors (Lipinski definition) is 2. The molecule has 1 aromatic rings. The fraction of sp³-hybridized carbons (Fsp3) is 0.692. The maximum atomic E-state index is 12.0. The number of hydrogen-bond acceptors (Lipinski definition) is 5. The molecule has 2 rings (SSSR count). The van der Waals surface area contributed by atoms with E-state index in [0.717, 1.165) is 17.4 Å². The standard InChI is InChI=1S/C13H22N4OS/c1-8(14-5)10-9(2)16-12(19-10)17-7-6-15-11(18)13(17,3)4/h8,14H,6-7H2,1-5H3,(H,15,18). The Bertz CT molecular complexity index is 483. The molecule has 0 saturated carbocycles. The Hall–Kier alpha value is -1.14. The van der Waals surface area contributed by atoms with Gasteiger partial charge < -0.3 is 15.5 Å². The van der Waals surface area contributed by atoms with E-state index in [2.05, 4.69) is 27.4 Å². The van der Waals surface area contributed by atoms with Gasteiger partial charge in [0.05, 0.1) is 5.69 Å². The number of carbonyl (C=O) groups is 1. The van der Waals surface area contributed by atoms with Gasteiger partial charge in [0.25, 0.3) is 0 Å². The number of piperazine rings is 1. The molecule has 1 amide bonds. The van der Waals surface area contributed by atoms with E-state index in [0.29, 0.717) is 6.54 Å². The van der Waals surface area contributed by atoms with Crippen LogP contribution < -0.4 is 15.5 Å². The van der Waals surface area contributed by atoms with Crippen molar-refractivity contribution in [3.05, 3.63) is 10.6 Å². The molecule has 1 aromatic heterocycles. The Morgan fingerprint density at radius 3 is 2.84 bits per heavy atom. The molecule has 0 bridgehead atoms. The second-order valence-electron chi connectivity index (χ2n) is 5.42. The molecule has 0 aliphatic carbocycles. The summed E-state index contributed by atoms with van der Waals surface area (Å²) in [6.07, 6.45) is 0. The smallest absolute Gasteiger partial charge is 0.245 e. The van der Waals surface area contributed by atoms with Gasteiger partial charge in [-0.05, 0) is 34.7 Å². The molecular formula is C13H22N4OS. The van der Waals surface area contributed by atoms with Gasteiger partial charge in [0, 0.05) is 24.0 Å². The molecule has 0 radical (unpaired) electrons. The van der Waals surface area contributed by atoms with Crippen molar-refractivity contribution in [1.82, 2.24) is 15.6 Å². The molecule has 106 valence electrons. The molecule has 2 N–H and O–H groups in total. The number of rotatable bonds is 3. The number of aryl methyl sites for hydroxylation is 1. The fourth-order valence-corrected chi connectivity index (χ4v) is 3.57. The van der Waals surface area contributed by atoms with Crippen molar-refractivity contribution in [1.29, 1.82) is 0 Å². The van der Waals surface area contributed by atoms with Crippen molar-refractivity contribution in [2.75, 3.05) is 25.0 Å². The van der Waals surface area contributed by atoms with E-state index in [-0.39, 0.29) is 11.9 Å². The van der Waals surface area contributed by atoms with Gasteiger partial charge in [0.1, 0.15) is 5.54 Å². The topological polar surface area (TPSA) is 57.3 Å². The van der Waals surface area contributed by atoms with Crippen molar-refractivity contribution in [3.63, 3.8) is 0 Å².